The van der Waals surface area contributed by atoms with Crippen molar-refractivity contribution in [1.82, 2.24) is 0 Å². The molecule has 3 rings (SSSR count). The summed E-state index contributed by atoms with van der Waals surface area (Å²) >= 11 is 0. The number of nitrogens with zero attached hydrogens (tertiary/aromatic N) is 1. The zero-order valence-corrected chi connectivity index (χ0v) is 15.5. The summed E-state index contributed by atoms with van der Waals surface area (Å²) in [5.74, 6) is 0.0885. The van der Waals surface area contributed by atoms with Crippen LogP contribution in [0.25, 0.3) is 0 Å². The van der Waals surface area contributed by atoms with Gasteiger partial charge in [-0.25, -0.2) is 16.8 Å². The van der Waals surface area contributed by atoms with Crippen LogP contribution >= 0.6 is 0 Å². The molecule has 1 aliphatic heterocycles. The van der Waals surface area contributed by atoms with E-state index in [2.05, 4.69) is 4.72 Å². The molecule has 1 fully saturated rings. The Morgan fingerprint density at radius 3 is 2.44 bits per heavy atom. The van der Waals surface area contributed by atoms with Gasteiger partial charge >= 0.3 is 0 Å². The van der Waals surface area contributed by atoms with E-state index in [9.17, 15) is 16.8 Å². The van der Waals surface area contributed by atoms with Crippen molar-refractivity contribution in [1.29, 1.82) is 0 Å². The second kappa shape index (κ2) is 6.68. The zero-order chi connectivity index (χ0) is 18.1. The highest BCUT2D eigenvalue weighted by Crippen LogP contribution is 2.28. The van der Waals surface area contributed by atoms with Crippen molar-refractivity contribution < 1.29 is 16.8 Å². The van der Waals surface area contributed by atoms with Crippen LogP contribution in [0.15, 0.2) is 53.4 Å². The quantitative estimate of drug-likeness (QED) is 0.884. The molecule has 6 nitrogen and oxygen atoms in total. The van der Waals surface area contributed by atoms with Crippen LogP contribution in [-0.4, -0.2) is 29.1 Å². The van der Waals surface area contributed by atoms with Crippen LogP contribution in [0.3, 0.4) is 0 Å². The molecule has 1 aliphatic rings. The van der Waals surface area contributed by atoms with Crippen molar-refractivity contribution in [3.63, 3.8) is 0 Å². The number of benzene rings is 2. The predicted octanol–water partition coefficient (Wildman–Crippen LogP) is 2.73. The Hall–Kier alpha value is -2.06. The SMILES string of the molecule is Cc1ccc(N2CCCCS2(=O)=O)cc1S(=O)(=O)Nc1ccccc1. The second-order valence-corrected chi connectivity index (χ2v) is 9.68. The van der Waals surface area contributed by atoms with Crippen LogP contribution in [0.4, 0.5) is 11.4 Å². The number of hydrogen-bond acceptors (Lipinski definition) is 4. The van der Waals surface area contributed by atoms with Crippen LogP contribution in [0.1, 0.15) is 18.4 Å². The maximum Gasteiger partial charge on any atom is 0.262 e. The van der Waals surface area contributed by atoms with Crippen molar-refractivity contribution in [3.05, 3.63) is 54.1 Å². The Morgan fingerprint density at radius 2 is 1.76 bits per heavy atom. The average molecular weight is 380 g/mol. The fourth-order valence-electron chi connectivity index (χ4n) is 2.83. The first-order chi connectivity index (χ1) is 11.8. The first-order valence-electron chi connectivity index (χ1n) is 7.98. The van der Waals surface area contributed by atoms with E-state index in [-0.39, 0.29) is 10.6 Å². The largest absolute Gasteiger partial charge is 0.280 e. The van der Waals surface area contributed by atoms with Crippen LogP contribution in [0.5, 0.6) is 0 Å². The summed E-state index contributed by atoms with van der Waals surface area (Å²) in [5, 5.41) is 0. The number of anilines is 2. The summed E-state index contributed by atoms with van der Waals surface area (Å²) in [7, 11) is -7.21. The van der Waals surface area contributed by atoms with Crippen LogP contribution in [0.2, 0.25) is 0 Å². The minimum atomic E-state index is -3.81. The highest BCUT2D eigenvalue weighted by Gasteiger charge is 2.27. The topological polar surface area (TPSA) is 83.6 Å². The molecule has 0 radical (unpaired) electrons. The van der Waals surface area contributed by atoms with Gasteiger partial charge in [-0.2, -0.15) is 0 Å². The Labute approximate surface area is 148 Å². The summed E-state index contributed by atoms with van der Waals surface area (Å²) in [6.07, 6.45) is 1.39. The van der Waals surface area contributed by atoms with E-state index >= 15 is 0 Å². The summed E-state index contributed by atoms with van der Waals surface area (Å²) in [4.78, 5) is 0.0784. The highest BCUT2D eigenvalue weighted by atomic mass is 32.2. The molecule has 8 heteroatoms. The van der Waals surface area contributed by atoms with Gasteiger partial charge in [0, 0.05) is 12.2 Å². The molecule has 1 heterocycles. The zero-order valence-electron chi connectivity index (χ0n) is 13.8. The van der Waals surface area contributed by atoms with E-state index in [0.717, 1.165) is 6.42 Å². The first-order valence-corrected chi connectivity index (χ1v) is 11.1. The number of hydrogen-bond donors (Lipinski definition) is 1. The molecule has 0 aliphatic carbocycles. The van der Waals surface area contributed by atoms with E-state index in [1.54, 1.807) is 49.4 Å². The third kappa shape index (κ3) is 3.80. The van der Waals surface area contributed by atoms with Gasteiger partial charge in [0.25, 0.3) is 10.0 Å². The lowest BCUT2D eigenvalue weighted by molar-refractivity contribution is 0.574. The summed E-state index contributed by atoms with van der Waals surface area (Å²) in [6, 6.07) is 13.3. The van der Waals surface area contributed by atoms with Gasteiger partial charge in [-0.3, -0.25) is 9.03 Å². The maximum absolute atomic E-state index is 12.7. The number of sulfonamides is 2. The monoisotopic (exact) mass is 380 g/mol. The lowest BCUT2D eigenvalue weighted by Gasteiger charge is -2.28. The lowest BCUT2D eigenvalue weighted by atomic mass is 10.2. The first kappa shape index (κ1) is 17.8. The summed E-state index contributed by atoms with van der Waals surface area (Å²) in [6.45, 7) is 2.06. The smallest absolute Gasteiger partial charge is 0.262 e. The molecule has 1 saturated heterocycles. The Balaban J connectivity index is 1.99. The number of rotatable bonds is 4. The van der Waals surface area contributed by atoms with Crippen molar-refractivity contribution in [2.75, 3.05) is 21.3 Å². The predicted molar refractivity (Wildman–Crippen MR) is 98.8 cm³/mol. The maximum atomic E-state index is 12.7. The molecule has 0 saturated carbocycles. The van der Waals surface area contributed by atoms with Crippen LogP contribution in [-0.2, 0) is 20.0 Å². The minimum absolute atomic E-state index is 0.0784. The van der Waals surface area contributed by atoms with Crippen LogP contribution in [0, 0.1) is 6.92 Å². The molecule has 0 amide bonds. The van der Waals surface area contributed by atoms with E-state index in [4.69, 9.17) is 0 Å². The number of aryl methyl sites for hydroxylation is 1. The molecule has 0 aromatic heterocycles. The van der Waals surface area contributed by atoms with Crippen LogP contribution < -0.4 is 9.03 Å². The number of para-hydroxylation sites is 1. The van der Waals surface area contributed by atoms with Gasteiger partial charge < -0.3 is 0 Å². The van der Waals surface area contributed by atoms with Crippen molar-refractivity contribution >= 4 is 31.4 Å². The van der Waals surface area contributed by atoms with Gasteiger partial charge in [-0.15, -0.1) is 0 Å². The Bertz CT molecular complexity index is 971. The number of nitrogens with one attached hydrogen (secondary N) is 1. The Morgan fingerprint density at radius 1 is 1.04 bits per heavy atom. The molecule has 2 aromatic rings. The van der Waals surface area contributed by atoms with Crippen molar-refractivity contribution in [2.24, 2.45) is 0 Å². The second-order valence-electron chi connectivity index (χ2n) is 6.02. The summed E-state index contributed by atoms with van der Waals surface area (Å²) < 4.78 is 53.9. The van der Waals surface area contributed by atoms with Gasteiger partial charge in [0.05, 0.1) is 16.3 Å². The molecule has 134 valence electrons. The molecule has 1 N–H and O–H groups in total. The highest BCUT2D eigenvalue weighted by molar-refractivity contribution is 7.93. The third-order valence-electron chi connectivity index (χ3n) is 4.12. The molecule has 2 aromatic carbocycles. The molecule has 25 heavy (non-hydrogen) atoms. The average Bonchev–Trinajstić information content (AvgIpc) is 2.55. The molecular formula is C17H20N2O4S2. The molecule has 0 bridgehead atoms. The van der Waals surface area contributed by atoms with Gasteiger partial charge in [0.15, 0.2) is 0 Å². The van der Waals surface area contributed by atoms with E-state index in [1.807, 2.05) is 0 Å². The third-order valence-corrected chi connectivity index (χ3v) is 7.52. The van der Waals surface area contributed by atoms with E-state index in [0.29, 0.717) is 29.9 Å². The van der Waals surface area contributed by atoms with Gasteiger partial charge in [-0.05, 0) is 49.6 Å². The van der Waals surface area contributed by atoms with Gasteiger partial charge in [0.2, 0.25) is 10.0 Å². The Kier molecular flexibility index (Phi) is 4.75. The summed E-state index contributed by atoms with van der Waals surface area (Å²) in [5.41, 5.74) is 1.40. The fourth-order valence-corrected chi connectivity index (χ4v) is 5.78. The van der Waals surface area contributed by atoms with Gasteiger partial charge in [-0.1, -0.05) is 24.3 Å². The standard InChI is InChI=1S/C17H20N2O4S2/c1-14-9-10-16(19-11-5-6-12-24(19,20)21)13-17(14)25(22,23)18-15-7-3-2-4-8-15/h2-4,7-10,13,18H,5-6,11-12H2,1H3. The normalized spacial score (nSPS) is 17.2. The van der Waals surface area contributed by atoms with Crippen molar-refractivity contribution in [2.45, 2.75) is 24.7 Å². The molecule has 0 unspecified atom stereocenters. The minimum Gasteiger partial charge on any atom is -0.280 e. The molecular weight excluding hydrogens is 360 g/mol. The fraction of sp³-hybridized carbons (Fsp3) is 0.294. The van der Waals surface area contributed by atoms with E-state index < -0.39 is 20.0 Å². The molecule has 0 atom stereocenters. The molecule has 0 spiro atoms. The van der Waals surface area contributed by atoms with Crippen molar-refractivity contribution in [3.8, 4) is 0 Å². The lowest BCUT2D eigenvalue weighted by Crippen LogP contribution is -2.38. The van der Waals surface area contributed by atoms with Gasteiger partial charge in [0.1, 0.15) is 0 Å². The van der Waals surface area contributed by atoms with E-state index in [1.165, 1.54) is 10.4 Å².